The minimum atomic E-state index is -4.40. The van der Waals surface area contributed by atoms with E-state index in [1.54, 1.807) is 24.3 Å². The summed E-state index contributed by atoms with van der Waals surface area (Å²) in [6, 6.07) is 10.8. The number of alkyl halides is 3. The maximum absolute atomic E-state index is 13.4. The molecule has 3 heterocycles. The van der Waals surface area contributed by atoms with E-state index in [-0.39, 0.29) is 11.1 Å². The Morgan fingerprint density at radius 3 is 2.59 bits per heavy atom. The number of hydrogen-bond acceptors (Lipinski definition) is 3. The number of aliphatic imine (C=N–C) groups is 1. The van der Waals surface area contributed by atoms with E-state index in [4.69, 9.17) is 9.73 Å². The van der Waals surface area contributed by atoms with Gasteiger partial charge in [-0.2, -0.15) is 13.2 Å². The highest BCUT2D eigenvalue weighted by atomic mass is 19.4. The molecule has 4 nitrogen and oxygen atoms in total. The van der Waals surface area contributed by atoms with Gasteiger partial charge in [-0.05, 0) is 55.0 Å². The van der Waals surface area contributed by atoms with Gasteiger partial charge >= 0.3 is 6.18 Å². The van der Waals surface area contributed by atoms with E-state index in [9.17, 15) is 13.2 Å². The smallest absolute Gasteiger partial charge is 0.381 e. The molecule has 1 saturated heterocycles. The number of imidazole rings is 1. The van der Waals surface area contributed by atoms with Gasteiger partial charge in [-0.3, -0.25) is 4.99 Å². The zero-order valence-electron chi connectivity index (χ0n) is 15.7. The first-order valence-corrected chi connectivity index (χ1v) is 9.77. The van der Waals surface area contributed by atoms with E-state index in [1.807, 2.05) is 0 Å². The number of aromatic amines is 1. The third kappa shape index (κ3) is 3.33. The maximum atomic E-state index is 13.4. The number of ether oxygens (including phenoxy) is 1. The summed E-state index contributed by atoms with van der Waals surface area (Å²) in [5.41, 5.74) is 2.38. The van der Waals surface area contributed by atoms with Crippen molar-refractivity contribution in [3.8, 4) is 11.1 Å². The number of nitrogens with zero attached hydrogens (tertiary/aromatic N) is 2. The number of H-pyrrole nitrogens is 1. The molecule has 150 valence electrons. The monoisotopic (exact) mass is 399 g/mol. The van der Waals surface area contributed by atoms with Crippen molar-refractivity contribution in [2.75, 3.05) is 13.2 Å². The average Bonchev–Trinajstić information content (AvgIpc) is 3.32. The van der Waals surface area contributed by atoms with E-state index in [1.165, 1.54) is 12.1 Å². The minimum Gasteiger partial charge on any atom is -0.381 e. The predicted molar refractivity (Wildman–Crippen MR) is 105 cm³/mol. The minimum absolute atomic E-state index is 0.0383. The van der Waals surface area contributed by atoms with Crippen LogP contribution in [0.2, 0.25) is 0 Å². The fraction of sp³-hybridized carbons (Fsp3) is 0.364. The van der Waals surface area contributed by atoms with Gasteiger partial charge in [0.1, 0.15) is 0 Å². The molecule has 2 aliphatic rings. The van der Waals surface area contributed by atoms with Crippen LogP contribution >= 0.6 is 0 Å². The van der Waals surface area contributed by atoms with Gasteiger partial charge in [-0.25, -0.2) is 4.98 Å². The van der Waals surface area contributed by atoms with Crippen molar-refractivity contribution < 1.29 is 17.9 Å². The van der Waals surface area contributed by atoms with Crippen LogP contribution in [-0.4, -0.2) is 34.4 Å². The highest BCUT2D eigenvalue weighted by molar-refractivity contribution is 6.01. The molecule has 1 fully saturated rings. The van der Waals surface area contributed by atoms with E-state index in [0.717, 1.165) is 56.2 Å². The number of benzene rings is 2. The summed E-state index contributed by atoms with van der Waals surface area (Å²) in [4.78, 5) is 12.9. The number of halogens is 3. The Kier molecular flexibility index (Phi) is 4.24. The van der Waals surface area contributed by atoms with Crippen molar-refractivity contribution >= 4 is 16.7 Å². The first-order chi connectivity index (χ1) is 13.9. The first kappa shape index (κ1) is 18.4. The van der Waals surface area contributed by atoms with Crippen LogP contribution in [0, 0.1) is 0 Å². The van der Waals surface area contributed by atoms with E-state index < -0.39 is 11.7 Å². The largest absolute Gasteiger partial charge is 0.417 e. The van der Waals surface area contributed by atoms with Gasteiger partial charge < -0.3 is 9.72 Å². The van der Waals surface area contributed by atoms with Crippen molar-refractivity contribution in [3.05, 3.63) is 53.9 Å². The van der Waals surface area contributed by atoms with Gasteiger partial charge in [0.05, 0.1) is 27.8 Å². The molecular weight excluding hydrogens is 379 g/mol. The van der Waals surface area contributed by atoms with Gasteiger partial charge in [0.25, 0.3) is 0 Å². The Hall–Kier alpha value is -2.67. The van der Waals surface area contributed by atoms with Gasteiger partial charge in [-0.1, -0.05) is 24.3 Å². The zero-order valence-corrected chi connectivity index (χ0v) is 15.7. The highest BCUT2D eigenvalue weighted by Crippen LogP contribution is 2.38. The summed E-state index contributed by atoms with van der Waals surface area (Å²) < 4.78 is 45.6. The fourth-order valence-corrected chi connectivity index (χ4v) is 4.33. The molecule has 5 rings (SSSR count). The second kappa shape index (κ2) is 6.69. The number of rotatable bonds is 2. The van der Waals surface area contributed by atoms with Crippen LogP contribution in [0.1, 0.15) is 37.1 Å². The normalized spacial score (nSPS) is 19.1. The first-order valence-electron chi connectivity index (χ1n) is 9.77. The molecular formula is C22H20F3N3O. The van der Waals surface area contributed by atoms with Crippen molar-refractivity contribution in [3.63, 3.8) is 0 Å². The standard InChI is InChI=1S/C22H20F3N3O/c23-22(24,25)16-4-2-1-3-15(16)14-5-6-17-19(13-14)27-20(26-17)18-7-8-21(28-18)9-11-29-12-10-21/h1-6,13H,7-12H2,(H,26,27). The molecule has 29 heavy (non-hydrogen) atoms. The van der Waals surface area contributed by atoms with Crippen LogP contribution in [-0.2, 0) is 10.9 Å². The Bertz CT molecular complexity index is 1090. The highest BCUT2D eigenvalue weighted by Gasteiger charge is 2.37. The molecule has 0 aliphatic carbocycles. The second-order valence-corrected chi connectivity index (χ2v) is 7.76. The molecule has 7 heteroatoms. The molecule has 1 aromatic heterocycles. The number of aromatic nitrogens is 2. The molecule has 0 unspecified atom stereocenters. The molecule has 0 saturated carbocycles. The third-order valence-corrected chi connectivity index (χ3v) is 5.92. The molecule has 0 atom stereocenters. The SMILES string of the molecule is FC(F)(F)c1ccccc1-c1ccc2nc(C3=NC4(CCOCC4)CC3)[nH]c2c1. The number of fused-ring (bicyclic) bond motifs is 1. The number of hydrogen-bond donors (Lipinski definition) is 1. The van der Waals surface area contributed by atoms with Crippen LogP contribution < -0.4 is 0 Å². The third-order valence-electron chi connectivity index (χ3n) is 5.92. The quantitative estimate of drug-likeness (QED) is 0.629. The predicted octanol–water partition coefficient (Wildman–Crippen LogP) is 5.38. The Balaban J connectivity index is 1.52. The lowest BCUT2D eigenvalue weighted by Gasteiger charge is -2.30. The average molecular weight is 399 g/mol. The Morgan fingerprint density at radius 2 is 1.79 bits per heavy atom. The second-order valence-electron chi connectivity index (χ2n) is 7.76. The van der Waals surface area contributed by atoms with E-state index >= 15 is 0 Å². The van der Waals surface area contributed by atoms with Crippen molar-refractivity contribution in [2.45, 2.75) is 37.4 Å². The van der Waals surface area contributed by atoms with Crippen LogP contribution in [0.4, 0.5) is 13.2 Å². The van der Waals surface area contributed by atoms with E-state index in [0.29, 0.717) is 16.9 Å². The lowest BCUT2D eigenvalue weighted by atomic mass is 9.88. The molecule has 0 amide bonds. The maximum Gasteiger partial charge on any atom is 0.417 e. The van der Waals surface area contributed by atoms with Gasteiger partial charge in [0.15, 0.2) is 5.82 Å². The van der Waals surface area contributed by atoms with Crippen LogP contribution in [0.25, 0.3) is 22.2 Å². The summed E-state index contributed by atoms with van der Waals surface area (Å²) in [6.07, 6.45) is -0.706. The summed E-state index contributed by atoms with van der Waals surface area (Å²) in [5.74, 6) is 0.713. The summed E-state index contributed by atoms with van der Waals surface area (Å²) in [7, 11) is 0. The van der Waals surface area contributed by atoms with Gasteiger partial charge in [0, 0.05) is 13.2 Å². The van der Waals surface area contributed by atoms with Crippen LogP contribution in [0.5, 0.6) is 0 Å². The zero-order chi connectivity index (χ0) is 20.1. The molecule has 0 bridgehead atoms. The molecule has 1 N–H and O–H groups in total. The van der Waals surface area contributed by atoms with Gasteiger partial charge in [0.2, 0.25) is 0 Å². The molecule has 2 aliphatic heterocycles. The van der Waals surface area contributed by atoms with Crippen molar-refractivity contribution in [2.24, 2.45) is 4.99 Å². The topological polar surface area (TPSA) is 50.3 Å². The lowest BCUT2D eigenvalue weighted by Crippen LogP contribution is -2.32. The van der Waals surface area contributed by atoms with Crippen LogP contribution in [0.15, 0.2) is 47.5 Å². The molecule has 0 radical (unpaired) electrons. The van der Waals surface area contributed by atoms with E-state index in [2.05, 4.69) is 9.97 Å². The Labute approximate surface area is 165 Å². The Morgan fingerprint density at radius 1 is 1.00 bits per heavy atom. The molecule has 2 aromatic carbocycles. The van der Waals surface area contributed by atoms with Gasteiger partial charge in [-0.15, -0.1) is 0 Å². The summed E-state index contributed by atoms with van der Waals surface area (Å²) in [6.45, 7) is 1.47. The summed E-state index contributed by atoms with van der Waals surface area (Å²) >= 11 is 0. The molecule has 1 spiro atoms. The number of nitrogens with one attached hydrogen (secondary N) is 1. The summed E-state index contributed by atoms with van der Waals surface area (Å²) in [5, 5.41) is 0. The van der Waals surface area contributed by atoms with Crippen molar-refractivity contribution in [1.82, 2.24) is 9.97 Å². The molecule has 3 aromatic rings. The van der Waals surface area contributed by atoms with Crippen molar-refractivity contribution in [1.29, 1.82) is 0 Å². The lowest BCUT2D eigenvalue weighted by molar-refractivity contribution is -0.137. The van der Waals surface area contributed by atoms with Crippen LogP contribution in [0.3, 0.4) is 0 Å². The fourth-order valence-electron chi connectivity index (χ4n) is 4.33.